The van der Waals surface area contributed by atoms with Crippen molar-refractivity contribution in [1.29, 1.82) is 0 Å². The molecule has 0 aliphatic heterocycles. The number of carbonyl (C=O) groups is 2. The largest absolute Gasteiger partial charge is 0.480 e. The Bertz CT molecular complexity index is 490. The molecule has 3 N–H and O–H groups in total. The predicted octanol–water partition coefficient (Wildman–Crippen LogP) is 1.02. The molecule has 1 aromatic carbocycles. The Morgan fingerprint density at radius 1 is 1.40 bits per heavy atom. The van der Waals surface area contributed by atoms with Gasteiger partial charge in [0.1, 0.15) is 11.9 Å². The maximum Gasteiger partial charge on any atom is 0.328 e. The summed E-state index contributed by atoms with van der Waals surface area (Å²) in [4.78, 5) is 22.1. The van der Waals surface area contributed by atoms with Crippen LogP contribution in [0, 0.1) is 12.7 Å². The fourth-order valence-corrected chi connectivity index (χ4v) is 1.77. The van der Waals surface area contributed by atoms with E-state index in [1.165, 1.54) is 6.07 Å². The summed E-state index contributed by atoms with van der Waals surface area (Å²) in [5, 5.41) is 19.7. The summed E-state index contributed by atoms with van der Waals surface area (Å²) in [6, 6.07) is 3.50. The highest BCUT2D eigenvalue weighted by Gasteiger charge is 2.18. The normalized spacial score (nSPS) is 11.9. The summed E-state index contributed by atoms with van der Waals surface area (Å²) in [5.74, 6) is -1.96. The van der Waals surface area contributed by atoms with Crippen LogP contribution in [0.2, 0.25) is 0 Å². The zero-order valence-corrected chi connectivity index (χ0v) is 11.2. The number of benzene rings is 1. The molecule has 1 amide bonds. The van der Waals surface area contributed by atoms with Gasteiger partial charge in [-0.1, -0.05) is 12.1 Å². The second-order valence-corrected chi connectivity index (χ2v) is 4.58. The summed E-state index contributed by atoms with van der Waals surface area (Å²) in [7, 11) is 0. The Labute approximate surface area is 116 Å². The van der Waals surface area contributed by atoms with Gasteiger partial charge in [-0.25, -0.2) is 9.18 Å². The molecule has 6 heteroatoms. The molecule has 0 saturated carbocycles. The van der Waals surface area contributed by atoms with Crippen LogP contribution in [0.15, 0.2) is 18.2 Å². The van der Waals surface area contributed by atoms with Crippen molar-refractivity contribution >= 4 is 11.9 Å². The average molecular weight is 283 g/mol. The topological polar surface area (TPSA) is 86.6 Å². The third-order valence-corrected chi connectivity index (χ3v) is 2.91. The summed E-state index contributed by atoms with van der Waals surface area (Å²) in [6.45, 7) is 1.03. The van der Waals surface area contributed by atoms with Crippen molar-refractivity contribution < 1.29 is 24.2 Å². The lowest BCUT2D eigenvalue weighted by Gasteiger charge is -2.11. The van der Waals surface area contributed by atoms with Gasteiger partial charge in [0.25, 0.3) is 0 Å². The van der Waals surface area contributed by atoms with E-state index < -0.39 is 24.5 Å². The number of amides is 1. The lowest BCUT2D eigenvalue weighted by molar-refractivity contribution is -0.142. The van der Waals surface area contributed by atoms with Crippen LogP contribution >= 0.6 is 0 Å². The number of aliphatic hydroxyl groups is 1. The molecule has 0 aliphatic carbocycles. The van der Waals surface area contributed by atoms with E-state index in [1.807, 2.05) is 0 Å². The van der Waals surface area contributed by atoms with Crippen molar-refractivity contribution in [2.24, 2.45) is 0 Å². The number of rotatable bonds is 7. The number of hydrogen-bond acceptors (Lipinski definition) is 3. The zero-order chi connectivity index (χ0) is 15.1. The first-order valence-corrected chi connectivity index (χ1v) is 6.32. The van der Waals surface area contributed by atoms with Crippen LogP contribution in [0.25, 0.3) is 0 Å². The van der Waals surface area contributed by atoms with E-state index in [4.69, 9.17) is 10.2 Å². The second-order valence-electron chi connectivity index (χ2n) is 4.58. The molecule has 0 aromatic heterocycles. The molecule has 1 atom stereocenters. The van der Waals surface area contributed by atoms with E-state index in [0.29, 0.717) is 18.4 Å². The molecule has 0 fully saturated rings. The Balaban J connectivity index is 2.38. The molecule has 1 rings (SSSR count). The van der Waals surface area contributed by atoms with Gasteiger partial charge in [-0.05, 0) is 37.0 Å². The molecule has 110 valence electrons. The molecule has 0 saturated heterocycles. The summed E-state index contributed by atoms with van der Waals surface area (Å²) in [6.07, 6.45) is 1.28. The number of carbonyl (C=O) groups excluding carboxylic acids is 1. The first-order valence-electron chi connectivity index (χ1n) is 6.32. The van der Waals surface area contributed by atoms with Gasteiger partial charge in [-0.15, -0.1) is 0 Å². The van der Waals surface area contributed by atoms with Gasteiger partial charge in [0, 0.05) is 6.42 Å². The summed E-state index contributed by atoms with van der Waals surface area (Å²) in [5.41, 5.74) is 1.48. The zero-order valence-electron chi connectivity index (χ0n) is 11.2. The lowest BCUT2D eigenvalue weighted by atomic mass is 10.1. The number of hydrogen-bond donors (Lipinski definition) is 3. The van der Waals surface area contributed by atoms with Crippen molar-refractivity contribution in [3.05, 3.63) is 35.1 Å². The minimum atomic E-state index is -1.27. The van der Waals surface area contributed by atoms with Gasteiger partial charge < -0.3 is 15.5 Å². The number of nitrogens with one attached hydrogen (secondary N) is 1. The van der Waals surface area contributed by atoms with Crippen LogP contribution in [0.4, 0.5) is 4.39 Å². The van der Waals surface area contributed by atoms with Gasteiger partial charge in [0.2, 0.25) is 5.91 Å². The van der Waals surface area contributed by atoms with Crippen LogP contribution in [-0.2, 0) is 16.0 Å². The molecule has 0 heterocycles. The molecule has 5 nitrogen and oxygen atoms in total. The summed E-state index contributed by atoms with van der Waals surface area (Å²) < 4.78 is 13.1. The first-order chi connectivity index (χ1) is 9.43. The minimum Gasteiger partial charge on any atom is -0.480 e. The number of aliphatic hydroxyl groups excluding tert-OH is 1. The molecule has 0 spiro atoms. The molecule has 0 bridgehead atoms. The van der Waals surface area contributed by atoms with E-state index in [0.717, 1.165) is 5.56 Å². The fraction of sp³-hybridized carbons (Fsp3) is 0.429. The molecule has 0 radical (unpaired) electrons. The van der Waals surface area contributed by atoms with Gasteiger partial charge >= 0.3 is 5.97 Å². The number of halogens is 1. The van der Waals surface area contributed by atoms with E-state index in [9.17, 15) is 14.0 Å². The van der Waals surface area contributed by atoms with Gasteiger partial charge in [0.05, 0.1) is 6.61 Å². The lowest BCUT2D eigenvalue weighted by Crippen LogP contribution is -2.43. The highest BCUT2D eigenvalue weighted by atomic mass is 19.1. The average Bonchev–Trinajstić information content (AvgIpc) is 2.39. The van der Waals surface area contributed by atoms with Crippen molar-refractivity contribution in [3.8, 4) is 0 Å². The SMILES string of the molecule is Cc1cc(CCCC(=O)NC(CO)C(=O)O)ccc1F. The Kier molecular flexibility index (Phi) is 6.11. The quantitative estimate of drug-likeness (QED) is 0.697. The third kappa shape index (κ3) is 4.97. The smallest absolute Gasteiger partial charge is 0.328 e. The molecule has 20 heavy (non-hydrogen) atoms. The molecule has 0 aliphatic rings. The van der Waals surface area contributed by atoms with Crippen LogP contribution < -0.4 is 5.32 Å². The fourth-order valence-electron chi connectivity index (χ4n) is 1.77. The van der Waals surface area contributed by atoms with Crippen LogP contribution in [0.1, 0.15) is 24.0 Å². The van der Waals surface area contributed by atoms with Crippen LogP contribution in [0.5, 0.6) is 0 Å². The van der Waals surface area contributed by atoms with E-state index in [-0.39, 0.29) is 12.2 Å². The first kappa shape index (κ1) is 16.1. The second kappa shape index (κ2) is 7.59. The number of carboxylic acid groups (broad SMARTS) is 1. The number of aliphatic carboxylic acids is 1. The molecule has 1 aromatic rings. The van der Waals surface area contributed by atoms with E-state index in [1.54, 1.807) is 19.1 Å². The number of aryl methyl sites for hydroxylation is 2. The monoisotopic (exact) mass is 283 g/mol. The van der Waals surface area contributed by atoms with Crippen molar-refractivity contribution in [3.63, 3.8) is 0 Å². The maximum absolute atomic E-state index is 13.1. The van der Waals surface area contributed by atoms with Gasteiger partial charge in [-0.3, -0.25) is 4.79 Å². The van der Waals surface area contributed by atoms with Gasteiger partial charge in [0.15, 0.2) is 0 Å². The predicted molar refractivity (Wildman–Crippen MR) is 70.7 cm³/mol. The van der Waals surface area contributed by atoms with E-state index in [2.05, 4.69) is 5.32 Å². The van der Waals surface area contributed by atoms with E-state index >= 15 is 0 Å². The standard InChI is InChI=1S/C14H18FNO4/c1-9-7-10(5-6-11(9)15)3-2-4-13(18)16-12(8-17)14(19)20/h5-7,12,17H,2-4,8H2,1H3,(H,16,18)(H,19,20). The molecule has 1 unspecified atom stereocenters. The maximum atomic E-state index is 13.1. The number of carboxylic acids is 1. The van der Waals surface area contributed by atoms with Crippen molar-refractivity contribution in [2.75, 3.05) is 6.61 Å². The van der Waals surface area contributed by atoms with Gasteiger partial charge in [-0.2, -0.15) is 0 Å². The summed E-state index contributed by atoms with van der Waals surface area (Å²) >= 11 is 0. The Morgan fingerprint density at radius 3 is 2.65 bits per heavy atom. The highest BCUT2D eigenvalue weighted by molar-refractivity contribution is 5.83. The van der Waals surface area contributed by atoms with Crippen LogP contribution in [0.3, 0.4) is 0 Å². The highest BCUT2D eigenvalue weighted by Crippen LogP contribution is 2.11. The Hall–Kier alpha value is -1.95. The van der Waals surface area contributed by atoms with Crippen molar-refractivity contribution in [1.82, 2.24) is 5.32 Å². The molecular formula is C14H18FNO4. The van der Waals surface area contributed by atoms with Crippen molar-refractivity contribution in [2.45, 2.75) is 32.2 Å². The third-order valence-electron chi connectivity index (χ3n) is 2.91. The molecular weight excluding hydrogens is 265 g/mol. The Morgan fingerprint density at radius 2 is 2.10 bits per heavy atom. The van der Waals surface area contributed by atoms with Crippen LogP contribution in [-0.4, -0.2) is 34.7 Å². The minimum absolute atomic E-state index is 0.153.